The molecule has 0 heterocycles. The number of hydrogen-bond donors (Lipinski definition) is 0. The molecule has 0 aliphatic heterocycles. The molecule has 26 heavy (non-hydrogen) atoms. The summed E-state index contributed by atoms with van der Waals surface area (Å²) in [6.07, 6.45) is -0.936. The van der Waals surface area contributed by atoms with Crippen molar-refractivity contribution in [3.8, 4) is 6.07 Å². The van der Waals surface area contributed by atoms with Crippen LogP contribution in [0.5, 0.6) is 0 Å². The Morgan fingerprint density at radius 3 is 2.58 bits per heavy atom. The smallest absolute Gasteiger partial charge is 0.339 e. The van der Waals surface area contributed by atoms with Crippen molar-refractivity contribution in [1.29, 1.82) is 5.26 Å². The van der Waals surface area contributed by atoms with Crippen molar-refractivity contribution >= 4 is 17.6 Å². The van der Waals surface area contributed by atoms with Crippen LogP contribution in [0.1, 0.15) is 29.3 Å². The number of nitriles is 1. The standard InChI is InChI=1S/C20H19FN2O3/c1-14-9-10-16(21)13-18(14)20(25)26-15(2)19(24)23(12-6-11-22)17-7-4-3-5-8-17/h3-5,7-10,13,15H,6,12H2,1-2H3. The number of amides is 1. The second-order valence-corrected chi connectivity index (χ2v) is 5.74. The minimum Gasteiger partial charge on any atom is -0.449 e. The molecule has 134 valence electrons. The van der Waals surface area contributed by atoms with Gasteiger partial charge in [-0.15, -0.1) is 0 Å². The highest BCUT2D eigenvalue weighted by Crippen LogP contribution is 2.18. The highest BCUT2D eigenvalue weighted by molar-refractivity contribution is 5.99. The number of carbonyl (C=O) groups excluding carboxylic acids is 2. The van der Waals surface area contributed by atoms with Crippen molar-refractivity contribution < 1.29 is 18.7 Å². The van der Waals surface area contributed by atoms with E-state index in [1.54, 1.807) is 31.2 Å². The van der Waals surface area contributed by atoms with Gasteiger partial charge < -0.3 is 9.64 Å². The summed E-state index contributed by atoms with van der Waals surface area (Å²) in [5.74, 6) is -1.77. The molecule has 5 nitrogen and oxygen atoms in total. The summed E-state index contributed by atoms with van der Waals surface area (Å²) in [7, 11) is 0. The van der Waals surface area contributed by atoms with Gasteiger partial charge in [0.05, 0.1) is 18.1 Å². The lowest BCUT2D eigenvalue weighted by atomic mass is 10.1. The number of halogens is 1. The fourth-order valence-corrected chi connectivity index (χ4v) is 2.44. The average molecular weight is 354 g/mol. The van der Waals surface area contributed by atoms with Crippen molar-refractivity contribution in [1.82, 2.24) is 0 Å². The summed E-state index contributed by atoms with van der Waals surface area (Å²) in [5.41, 5.74) is 1.24. The Morgan fingerprint density at radius 2 is 1.92 bits per heavy atom. The molecule has 0 aromatic heterocycles. The number of para-hydroxylation sites is 1. The van der Waals surface area contributed by atoms with Crippen molar-refractivity contribution in [2.24, 2.45) is 0 Å². The zero-order chi connectivity index (χ0) is 19.1. The molecule has 0 spiro atoms. The van der Waals surface area contributed by atoms with E-state index < -0.39 is 23.8 Å². The zero-order valence-corrected chi connectivity index (χ0v) is 14.6. The summed E-state index contributed by atoms with van der Waals surface area (Å²) < 4.78 is 18.6. The highest BCUT2D eigenvalue weighted by Gasteiger charge is 2.26. The average Bonchev–Trinajstić information content (AvgIpc) is 2.64. The van der Waals surface area contributed by atoms with Crippen LogP contribution >= 0.6 is 0 Å². The first kappa shape index (κ1) is 19.1. The Bertz CT molecular complexity index is 831. The summed E-state index contributed by atoms with van der Waals surface area (Å²) in [5, 5.41) is 8.82. The lowest BCUT2D eigenvalue weighted by Gasteiger charge is -2.25. The van der Waals surface area contributed by atoms with Gasteiger partial charge in [-0.05, 0) is 43.7 Å². The quantitative estimate of drug-likeness (QED) is 0.743. The van der Waals surface area contributed by atoms with Crippen molar-refractivity contribution in [3.05, 3.63) is 65.5 Å². The van der Waals surface area contributed by atoms with E-state index in [2.05, 4.69) is 0 Å². The Hall–Kier alpha value is -3.20. The van der Waals surface area contributed by atoms with Crippen molar-refractivity contribution in [2.45, 2.75) is 26.4 Å². The third kappa shape index (κ3) is 4.67. The Labute approximate surface area is 151 Å². The third-order valence-electron chi connectivity index (χ3n) is 3.83. The van der Waals surface area contributed by atoms with Gasteiger partial charge in [0, 0.05) is 12.2 Å². The van der Waals surface area contributed by atoms with E-state index in [1.807, 2.05) is 12.1 Å². The normalized spacial score (nSPS) is 11.3. The van der Waals surface area contributed by atoms with Gasteiger partial charge in [-0.25, -0.2) is 9.18 Å². The first-order valence-electron chi connectivity index (χ1n) is 8.14. The molecule has 1 atom stereocenters. The van der Waals surface area contributed by atoms with E-state index in [4.69, 9.17) is 10.00 Å². The molecule has 0 radical (unpaired) electrons. The number of esters is 1. The van der Waals surface area contributed by atoms with Gasteiger partial charge >= 0.3 is 5.97 Å². The molecule has 1 amide bonds. The largest absolute Gasteiger partial charge is 0.449 e. The van der Waals surface area contributed by atoms with Gasteiger partial charge in [-0.2, -0.15) is 5.26 Å². The number of rotatable bonds is 6. The molecule has 2 rings (SSSR count). The molecule has 0 aliphatic rings. The summed E-state index contributed by atoms with van der Waals surface area (Å²) in [6, 6.07) is 14.6. The summed E-state index contributed by atoms with van der Waals surface area (Å²) in [6.45, 7) is 3.29. The number of aryl methyl sites for hydroxylation is 1. The second kappa shape index (κ2) is 8.77. The number of hydrogen-bond acceptors (Lipinski definition) is 4. The van der Waals surface area contributed by atoms with E-state index in [0.29, 0.717) is 11.3 Å². The second-order valence-electron chi connectivity index (χ2n) is 5.74. The van der Waals surface area contributed by atoms with Crippen LogP contribution in [-0.2, 0) is 9.53 Å². The Balaban J connectivity index is 2.16. The van der Waals surface area contributed by atoms with Crippen LogP contribution in [0.15, 0.2) is 48.5 Å². The molecule has 1 unspecified atom stereocenters. The van der Waals surface area contributed by atoms with Crippen LogP contribution in [0.2, 0.25) is 0 Å². The lowest BCUT2D eigenvalue weighted by molar-refractivity contribution is -0.126. The molecule has 0 aliphatic carbocycles. The minimum absolute atomic E-state index is 0.0768. The molecule has 2 aromatic carbocycles. The van der Waals surface area contributed by atoms with Crippen LogP contribution in [0.25, 0.3) is 0 Å². The number of nitrogens with zero attached hydrogens (tertiary/aromatic N) is 2. The van der Waals surface area contributed by atoms with Crippen LogP contribution in [0.4, 0.5) is 10.1 Å². The first-order chi connectivity index (χ1) is 12.4. The van der Waals surface area contributed by atoms with Crippen LogP contribution < -0.4 is 4.90 Å². The SMILES string of the molecule is Cc1ccc(F)cc1C(=O)OC(C)C(=O)N(CCC#N)c1ccccc1. The zero-order valence-electron chi connectivity index (χ0n) is 14.6. The number of benzene rings is 2. The lowest BCUT2D eigenvalue weighted by Crippen LogP contribution is -2.40. The maximum absolute atomic E-state index is 13.4. The van der Waals surface area contributed by atoms with E-state index in [1.165, 1.54) is 24.0 Å². The predicted octanol–water partition coefficient (Wildman–Crippen LogP) is 3.63. The van der Waals surface area contributed by atoms with E-state index in [0.717, 1.165) is 6.07 Å². The molecule has 0 fully saturated rings. The van der Waals surface area contributed by atoms with Gasteiger partial charge in [-0.1, -0.05) is 24.3 Å². The topological polar surface area (TPSA) is 70.4 Å². The maximum atomic E-state index is 13.4. The Kier molecular flexibility index (Phi) is 6.45. The third-order valence-corrected chi connectivity index (χ3v) is 3.83. The van der Waals surface area contributed by atoms with Gasteiger partial charge in [0.1, 0.15) is 5.82 Å². The molecule has 6 heteroatoms. The van der Waals surface area contributed by atoms with Crippen LogP contribution in [-0.4, -0.2) is 24.5 Å². The molecule has 0 saturated heterocycles. The van der Waals surface area contributed by atoms with Crippen LogP contribution in [0.3, 0.4) is 0 Å². The molecular formula is C20H19FN2O3. The first-order valence-corrected chi connectivity index (χ1v) is 8.14. The van der Waals surface area contributed by atoms with Gasteiger partial charge in [0.15, 0.2) is 6.10 Å². The number of ether oxygens (including phenoxy) is 1. The summed E-state index contributed by atoms with van der Waals surface area (Å²) in [4.78, 5) is 26.4. The van der Waals surface area contributed by atoms with Gasteiger partial charge in [0.25, 0.3) is 5.91 Å². The fraction of sp³-hybridized carbons (Fsp3) is 0.250. The van der Waals surface area contributed by atoms with Crippen LogP contribution in [0, 0.1) is 24.1 Å². The van der Waals surface area contributed by atoms with Crippen molar-refractivity contribution in [2.75, 3.05) is 11.4 Å². The summed E-state index contributed by atoms with van der Waals surface area (Å²) >= 11 is 0. The monoisotopic (exact) mass is 354 g/mol. The maximum Gasteiger partial charge on any atom is 0.339 e. The minimum atomic E-state index is -1.08. The Morgan fingerprint density at radius 1 is 1.23 bits per heavy atom. The van der Waals surface area contributed by atoms with E-state index in [9.17, 15) is 14.0 Å². The van der Waals surface area contributed by atoms with Gasteiger partial charge in [-0.3, -0.25) is 4.79 Å². The molecule has 0 N–H and O–H groups in total. The number of carbonyl (C=O) groups is 2. The predicted molar refractivity (Wildman–Crippen MR) is 95.0 cm³/mol. The molecule has 0 bridgehead atoms. The van der Waals surface area contributed by atoms with Gasteiger partial charge in [0.2, 0.25) is 0 Å². The molecular weight excluding hydrogens is 335 g/mol. The van der Waals surface area contributed by atoms with E-state index >= 15 is 0 Å². The van der Waals surface area contributed by atoms with Crippen molar-refractivity contribution in [3.63, 3.8) is 0 Å². The molecule has 0 saturated carbocycles. The fourth-order valence-electron chi connectivity index (χ4n) is 2.44. The van der Waals surface area contributed by atoms with E-state index in [-0.39, 0.29) is 18.5 Å². The molecule has 2 aromatic rings. The highest BCUT2D eigenvalue weighted by atomic mass is 19.1. The number of anilines is 1.